The van der Waals surface area contributed by atoms with Crippen LogP contribution in [-0.4, -0.2) is 9.55 Å². The van der Waals surface area contributed by atoms with Crippen molar-refractivity contribution >= 4 is 0 Å². The number of aromatic nitrogens is 2. The minimum absolute atomic E-state index is 1.08. The van der Waals surface area contributed by atoms with Gasteiger partial charge in [-0.2, -0.15) is 0 Å². The highest BCUT2D eigenvalue weighted by molar-refractivity contribution is 5.61. The number of hydrogen-bond acceptors (Lipinski definition) is 1. The summed E-state index contributed by atoms with van der Waals surface area (Å²) in [5.74, 6) is 0. The molecule has 0 bridgehead atoms. The first-order valence-electron chi connectivity index (χ1n) is 4.32. The summed E-state index contributed by atoms with van der Waals surface area (Å²) in [6, 6.07) is 10.3. The molecule has 0 spiro atoms. The Morgan fingerprint density at radius 1 is 1.15 bits per heavy atom. The number of imidazole rings is 1. The van der Waals surface area contributed by atoms with E-state index < -0.39 is 0 Å². The lowest BCUT2D eigenvalue weighted by molar-refractivity contribution is 0.921. The van der Waals surface area contributed by atoms with E-state index in [0.717, 1.165) is 5.69 Å². The van der Waals surface area contributed by atoms with Crippen LogP contribution in [0.15, 0.2) is 36.7 Å². The summed E-state index contributed by atoms with van der Waals surface area (Å²) in [5.41, 5.74) is 3.49. The molecular weight excluding hydrogens is 160 g/mol. The van der Waals surface area contributed by atoms with Gasteiger partial charge in [-0.3, -0.25) is 0 Å². The summed E-state index contributed by atoms with van der Waals surface area (Å²) in [7, 11) is 2.02. The molecular formula is C11H12N2. The van der Waals surface area contributed by atoms with Crippen molar-refractivity contribution in [2.24, 2.45) is 7.05 Å². The Labute approximate surface area is 77.9 Å². The summed E-state index contributed by atoms with van der Waals surface area (Å²) >= 11 is 0. The van der Waals surface area contributed by atoms with Crippen molar-refractivity contribution in [1.82, 2.24) is 9.55 Å². The van der Waals surface area contributed by atoms with Crippen LogP contribution in [0.25, 0.3) is 11.3 Å². The zero-order chi connectivity index (χ0) is 9.26. The molecule has 2 nitrogen and oxygen atoms in total. The van der Waals surface area contributed by atoms with Crippen molar-refractivity contribution in [2.45, 2.75) is 6.92 Å². The molecule has 2 heteroatoms. The van der Waals surface area contributed by atoms with E-state index in [4.69, 9.17) is 0 Å². The van der Waals surface area contributed by atoms with Gasteiger partial charge in [0.15, 0.2) is 0 Å². The quantitative estimate of drug-likeness (QED) is 0.645. The molecule has 0 saturated heterocycles. The second-order valence-electron chi connectivity index (χ2n) is 3.16. The molecule has 0 saturated carbocycles. The molecule has 1 aromatic carbocycles. The number of hydrogen-bond donors (Lipinski definition) is 0. The van der Waals surface area contributed by atoms with Crippen LogP contribution in [0.1, 0.15) is 5.69 Å². The minimum Gasteiger partial charge on any atom is -0.334 e. The Bertz CT molecular complexity index is 382. The van der Waals surface area contributed by atoms with E-state index in [-0.39, 0.29) is 0 Å². The van der Waals surface area contributed by atoms with E-state index in [0.29, 0.717) is 0 Å². The average Bonchev–Trinajstić information content (AvgIpc) is 2.48. The fourth-order valence-corrected chi connectivity index (χ4v) is 1.56. The zero-order valence-corrected chi connectivity index (χ0v) is 7.86. The van der Waals surface area contributed by atoms with Crippen LogP contribution < -0.4 is 0 Å². The number of nitrogens with zero attached hydrogens (tertiary/aromatic N) is 2. The maximum absolute atomic E-state index is 4.26. The van der Waals surface area contributed by atoms with Gasteiger partial charge in [0.25, 0.3) is 0 Å². The summed E-state index contributed by atoms with van der Waals surface area (Å²) in [6.45, 7) is 2.03. The van der Waals surface area contributed by atoms with Crippen LogP contribution in [0.4, 0.5) is 0 Å². The molecule has 2 rings (SSSR count). The topological polar surface area (TPSA) is 17.8 Å². The first-order valence-corrected chi connectivity index (χ1v) is 4.32. The van der Waals surface area contributed by atoms with Gasteiger partial charge in [-0.1, -0.05) is 30.3 Å². The summed E-state index contributed by atoms with van der Waals surface area (Å²) < 4.78 is 2.05. The highest BCUT2D eigenvalue weighted by Gasteiger charge is 2.05. The Kier molecular flexibility index (Phi) is 1.89. The first kappa shape index (κ1) is 8.05. The van der Waals surface area contributed by atoms with Crippen molar-refractivity contribution in [3.05, 3.63) is 42.4 Å². The molecule has 0 aliphatic carbocycles. The highest BCUT2D eigenvalue weighted by atomic mass is 15.0. The van der Waals surface area contributed by atoms with Crippen LogP contribution in [0.2, 0.25) is 0 Å². The Morgan fingerprint density at radius 2 is 1.85 bits per heavy atom. The fourth-order valence-electron chi connectivity index (χ4n) is 1.56. The standard InChI is InChI=1S/C11H12N2/c1-9-11(13(2)8-12-9)10-6-4-3-5-7-10/h3-8H,1-2H3. The van der Waals surface area contributed by atoms with Gasteiger partial charge >= 0.3 is 0 Å². The van der Waals surface area contributed by atoms with Crippen LogP contribution in [-0.2, 0) is 7.05 Å². The van der Waals surface area contributed by atoms with E-state index >= 15 is 0 Å². The molecule has 0 unspecified atom stereocenters. The summed E-state index contributed by atoms with van der Waals surface area (Å²) in [4.78, 5) is 4.26. The molecule has 66 valence electrons. The van der Waals surface area contributed by atoms with E-state index in [9.17, 15) is 0 Å². The Balaban J connectivity index is 2.59. The number of aryl methyl sites for hydroxylation is 2. The Hall–Kier alpha value is -1.57. The fraction of sp³-hybridized carbons (Fsp3) is 0.182. The lowest BCUT2D eigenvalue weighted by Crippen LogP contribution is -1.90. The monoisotopic (exact) mass is 172 g/mol. The third kappa shape index (κ3) is 1.35. The average molecular weight is 172 g/mol. The van der Waals surface area contributed by atoms with Crippen molar-refractivity contribution in [3.8, 4) is 11.3 Å². The van der Waals surface area contributed by atoms with Crippen LogP contribution in [0.5, 0.6) is 0 Å². The van der Waals surface area contributed by atoms with Gasteiger partial charge in [0.2, 0.25) is 0 Å². The van der Waals surface area contributed by atoms with Crippen molar-refractivity contribution in [3.63, 3.8) is 0 Å². The first-order chi connectivity index (χ1) is 6.29. The predicted molar refractivity (Wildman–Crippen MR) is 53.4 cm³/mol. The van der Waals surface area contributed by atoms with Gasteiger partial charge in [0, 0.05) is 12.6 Å². The van der Waals surface area contributed by atoms with Gasteiger partial charge < -0.3 is 4.57 Å². The summed E-state index contributed by atoms with van der Waals surface area (Å²) in [5, 5.41) is 0. The van der Waals surface area contributed by atoms with Crippen LogP contribution >= 0.6 is 0 Å². The molecule has 0 fully saturated rings. The lowest BCUT2D eigenvalue weighted by Gasteiger charge is -2.02. The molecule has 2 aromatic rings. The van der Waals surface area contributed by atoms with E-state index in [1.807, 2.05) is 43.1 Å². The second kappa shape index (κ2) is 3.05. The zero-order valence-electron chi connectivity index (χ0n) is 7.86. The van der Waals surface area contributed by atoms with Gasteiger partial charge in [-0.25, -0.2) is 4.98 Å². The lowest BCUT2D eigenvalue weighted by atomic mass is 10.1. The van der Waals surface area contributed by atoms with E-state index in [1.165, 1.54) is 11.3 Å². The van der Waals surface area contributed by atoms with Gasteiger partial charge in [0.1, 0.15) is 0 Å². The second-order valence-corrected chi connectivity index (χ2v) is 3.16. The van der Waals surface area contributed by atoms with E-state index in [1.54, 1.807) is 0 Å². The third-order valence-electron chi connectivity index (χ3n) is 2.17. The molecule has 13 heavy (non-hydrogen) atoms. The highest BCUT2D eigenvalue weighted by Crippen LogP contribution is 2.20. The molecule has 0 N–H and O–H groups in total. The van der Waals surface area contributed by atoms with E-state index in [2.05, 4.69) is 17.1 Å². The number of rotatable bonds is 1. The molecule has 0 aliphatic rings. The molecule has 0 amide bonds. The largest absolute Gasteiger partial charge is 0.334 e. The maximum Gasteiger partial charge on any atom is 0.0951 e. The number of benzene rings is 1. The van der Waals surface area contributed by atoms with Gasteiger partial charge in [-0.15, -0.1) is 0 Å². The van der Waals surface area contributed by atoms with Crippen molar-refractivity contribution in [2.75, 3.05) is 0 Å². The maximum atomic E-state index is 4.26. The SMILES string of the molecule is Cc1ncn(C)c1-c1ccccc1. The molecule has 0 radical (unpaired) electrons. The normalized spacial score (nSPS) is 10.3. The van der Waals surface area contributed by atoms with Gasteiger partial charge in [0.05, 0.1) is 17.7 Å². The minimum atomic E-state index is 1.08. The molecule has 1 aromatic heterocycles. The van der Waals surface area contributed by atoms with Crippen molar-refractivity contribution < 1.29 is 0 Å². The predicted octanol–water partition coefficient (Wildman–Crippen LogP) is 2.40. The Morgan fingerprint density at radius 3 is 2.38 bits per heavy atom. The smallest absolute Gasteiger partial charge is 0.0951 e. The third-order valence-corrected chi connectivity index (χ3v) is 2.17. The van der Waals surface area contributed by atoms with Gasteiger partial charge in [-0.05, 0) is 6.92 Å². The molecule has 0 atom stereocenters. The van der Waals surface area contributed by atoms with Crippen LogP contribution in [0.3, 0.4) is 0 Å². The molecule has 1 heterocycles. The van der Waals surface area contributed by atoms with Crippen LogP contribution in [0, 0.1) is 6.92 Å². The summed E-state index contributed by atoms with van der Waals surface area (Å²) in [6.07, 6.45) is 1.84. The molecule has 0 aliphatic heterocycles. The van der Waals surface area contributed by atoms with Crippen molar-refractivity contribution in [1.29, 1.82) is 0 Å².